The first-order valence-electron chi connectivity index (χ1n) is 3.92. The molecule has 0 bridgehead atoms. The zero-order chi connectivity index (χ0) is 10.8. The van der Waals surface area contributed by atoms with Crippen LogP contribution < -0.4 is 0 Å². The van der Waals surface area contributed by atoms with Crippen LogP contribution in [0.5, 0.6) is 0 Å². The van der Waals surface area contributed by atoms with Crippen molar-refractivity contribution in [2.24, 2.45) is 0 Å². The van der Waals surface area contributed by atoms with E-state index in [0.29, 0.717) is 0 Å². The van der Waals surface area contributed by atoms with Crippen LogP contribution in [0.4, 0.5) is 13.2 Å². The van der Waals surface area contributed by atoms with Gasteiger partial charge in [0.25, 0.3) is 0 Å². The van der Waals surface area contributed by atoms with E-state index in [1.807, 2.05) is 0 Å². The summed E-state index contributed by atoms with van der Waals surface area (Å²) in [5.41, 5.74) is -0.830. The molecule has 0 aromatic heterocycles. The second-order valence-corrected chi connectivity index (χ2v) is 3.14. The lowest BCUT2D eigenvalue weighted by molar-refractivity contribution is -0.138. The number of aliphatic hydroxyl groups is 1. The van der Waals surface area contributed by atoms with Crippen molar-refractivity contribution < 1.29 is 18.3 Å². The van der Waals surface area contributed by atoms with Crippen molar-refractivity contribution >= 4 is 11.6 Å². The molecular formula is C9H8ClF3O. The van der Waals surface area contributed by atoms with E-state index in [1.165, 1.54) is 12.1 Å². The van der Waals surface area contributed by atoms with Crippen molar-refractivity contribution in [3.8, 4) is 0 Å². The van der Waals surface area contributed by atoms with Gasteiger partial charge in [-0.3, -0.25) is 0 Å². The summed E-state index contributed by atoms with van der Waals surface area (Å²) < 4.78 is 37.2. The number of hydrogen-bond acceptors (Lipinski definition) is 1. The summed E-state index contributed by atoms with van der Waals surface area (Å²) in [4.78, 5) is 0. The molecule has 1 N–H and O–H groups in total. The van der Waals surface area contributed by atoms with E-state index in [1.54, 1.807) is 0 Å². The van der Waals surface area contributed by atoms with Crippen molar-refractivity contribution in [2.45, 2.75) is 12.6 Å². The van der Waals surface area contributed by atoms with Crippen molar-refractivity contribution in [1.82, 2.24) is 0 Å². The van der Waals surface area contributed by atoms with Gasteiger partial charge < -0.3 is 5.11 Å². The molecule has 14 heavy (non-hydrogen) atoms. The number of aliphatic hydroxyl groups excluding tert-OH is 1. The maximum atomic E-state index is 12.4. The summed E-state index contributed by atoms with van der Waals surface area (Å²) in [6, 6.07) is 3.57. The summed E-state index contributed by atoms with van der Waals surface area (Å²) in [6.07, 6.45) is -4.51. The smallest absolute Gasteiger partial charge is 0.396 e. The molecule has 0 spiro atoms. The van der Waals surface area contributed by atoms with Crippen molar-refractivity contribution in [2.75, 3.05) is 6.61 Å². The molecule has 0 aliphatic carbocycles. The van der Waals surface area contributed by atoms with Gasteiger partial charge >= 0.3 is 6.18 Å². The Hall–Kier alpha value is -0.740. The lowest BCUT2D eigenvalue weighted by Gasteiger charge is -2.13. The van der Waals surface area contributed by atoms with Crippen LogP contribution in [-0.2, 0) is 12.6 Å². The van der Waals surface area contributed by atoms with E-state index in [4.69, 9.17) is 16.7 Å². The minimum Gasteiger partial charge on any atom is -0.396 e. The fraction of sp³-hybridized carbons (Fsp3) is 0.333. The molecule has 1 aromatic rings. The van der Waals surface area contributed by atoms with Crippen LogP contribution in [0.1, 0.15) is 11.1 Å². The van der Waals surface area contributed by atoms with Gasteiger partial charge in [0.15, 0.2) is 0 Å². The van der Waals surface area contributed by atoms with Gasteiger partial charge in [0.2, 0.25) is 0 Å². The average molecular weight is 225 g/mol. The third-order valence-electron chi connectivity index (χ3n) is 1.79. The van der Waals surface area contributed by atoms with E-state index >= 15 is 0 Å². The van der Waals surface area contributed by atoms with Crippen LogP contribution in [0, 0.1) is 0 Å². The summed E-state index contributed by atoms with van der Waals surface area (Å²) in [7, 11) is 0. The highest BCUT2D eigenvalue weighted by Crippen LogP contribution is 2.34. The summed E-state index contributed by atoms with van der Waals surface area (Å²) in [5, 5.41) is 8.64. The number of alkyl halides is 3. The molecule has 0 unspecified atom stereocenters. The van der Waals surface area contributed by atoms with E-state index in [0.717, 1.165) is 6.07 Å². The van der Waals surface area contributed by atoms with Gasteiger partial charge in [-0.1, -0.05) is 17.7 Å². The zero-order valence-electron chi connectivity index (χ0n) is 7.11. The standard InChI is InChI=1S/C9H8ClF3O/c10-8-3-1-2-7(9(11,12)13)6(8)4-5-14/h1-3,14H,4-5H2. The molecule has 1 rings (SSSR count). The average Bonchev–Trinajstić information content (AvgIpc) is 2.07. The first-order chi connectivity index (χ1) is 6.46. The second kappa shape index (κ2) is 4.19. The van der Waals surface area contributed by atoms with Gasteiger partial charge in [-0.05, 0) is 24.1 Å². The van der Waals surface area contributed by atoms with E-state index < -0.39 is 11.7 Å². The van der Waals surface area contributed by atoms with Crippen LogP contribution in [-0.4, -0.2) is 11.7 Å². The molecule has 0 atom stereocenters. The predicted octanol–water partition coefficient (Wildman–Crippen LogP) is 2.89. The van der Waals surface area contributed by atoms with Gasteiger partial charge in [0.05, 0.1) is 5.56 Å². The Morgan fingerprint density at radius 3 is 2.43 bits per heavy atom. The topological polar surface area (TPSA) is 20.2 Å². The number of hydrogen-bond donors (Lipinski definition) is 1. The highest BCUT2D eigenvalue weighted by Gasteiger charge is 2.33. The van der Waals surface area contributed by atoms with Gasteiger partial charge in [0, 0.05) is 11.6 Å². The SMILES string of the molecule is OCCc1c(Cl)cccc1C(F)(F)F. The number of halogens is 4. The third-order valence-corrected chi connectivity index (χ3v) is 2.14. The fourth-order valence-corrected chi connectivity index (χ4v) is 1.46. The molecule has 1 aromatic carbocycles. The summed E-state index contributed by atoms with van der Waals surface area (Å²) >= 11 is 5.60. The highest BCUT2D eigenvalue weighted by molar-refractivity contribution is 6.31. The molecule has 0 fully saturated rings. The molecule has 5 heteroatoms. The quantitative estimate of drug-likeness (QED) is 0.819. The van der Waals surface area contributed by atoms with Crippen LogP contribution in [0.15, 0.2) is 18.2 Å². The number of rotatable bonds is 2. The molecular weight excluding hydrogens is 217 g/mol. The van der Waals surface area contributed by atoms with Crippen molar-refractivity contribution in [3.05, 3.63) is 34.3 Å². The van der Waals surface area contributed by atoms with Gasteiger partial charge in [-0.25, -0.2) is 0 Å². The van der Waals surface area contributed by atoms with Crippen LogP contribution in [0.25, 0.3) is 0 Å². The van der Waals surface area contributed by atoms with Crippen LogP contribution in [0.3, 0.4) is 0 Å². The highest BCUT2D eigenvalue weighted by atomic mass is 35.5. The van der Waals surface area contributed by atoms with E-state index in [-0.39, 0.29) is 23.6 Å². The predicted molar refractivity (Wildman–Crippen MR) is 47.2 cm³/mol. The van der Waals surface area contributed by atoms with Crippen LogP contribution in [0.2, 0.25) is 5.02 Å². The molecule has 0 radical (unpaired) electrons. The lowest BCUT2D eigenvalue weighted by atomic mass is 10.0. The Labute approximate surface area is 84.1 Å². The summed E-state index contributed by atoms with van der Waals surface area (Å²) in [5.74, 6) is 0. The van der Waals surface area contributed by atoms with Gasteiger partial charge in [0.1, 0.15) is 0 Å². The molecule has 78 valence electrons. The normalized spacial score (nSPS) is 11.8. The summed E-state index contributed by atoms with van der Waals surface area (Å²) in [6.45, 7) is -0.354. The van der Waals surface area contributed by atoms with E-state index in [9.17, 15) is 13.2 Å². The minimum absolute atomic E-state index is 0.0360. The molecule has 0 aliphatic heterocycles. The molecule has 0 amide bonds. The minimum atomic E-state index is -4.42. The largest absolute Gasteiger partial charge is 0.416 e. The lowest BCUT2D eigenvalue weighted by Crippen LogP contribution is -2.10. The fourth-order valence-electron chi connectivity index (χ4n) is 1.19. The van der Waals surface area contributed by atoms with Crippen LogP contribution >= 0.6 is 11.6 Å². The Bertz CT molecular complexity index is 322. The molecule has 0 saturated carbocycles. The Morgan fingerprint density at radius 1 is 1.29 bits per heavy atom. The van der Waals surface area contributed by atoms with Crippen molar-refractivity contribution in [1.29, 1.82) is 0 Å². The van der Waals surface area contributed by atoms with Gasteiger partial charge in [-0.2, -0.15) is 13.2 Å². The first-order valence-corrected chi connectivity index (χ1v) is 4.30. The number of benzene rings is 1. The first kappa shape index (κ1) is 11.3. The Balaban J connectivity index is 3.21. The molecule has 1 nitrogen and oxygen atoms in total. The molecule has 0 heterocycles. The maximum Gasteiger partial charge on any atom is 0.416 e. The van der Waals surface area contributed by atoms with Gasteiger partial charge in [-0.15, -0.1) is 0 Å². The monoisotopic (exact) mass is 224 g/mol. The molecule has 0 aliphatic rings. The second-order valence-electron chi connectivity index (χ2n) is 2.74. The third kappa shape index (κ3) is 2.39. The van der Waals surface area contributed by atoms with E-state index in [2.05, 4.69) is 0 Å². The Kier molecular flexibility index (Phi) is 3.39. The Morgan fingerprint density at radius 2 is 1.93 bits per heavy atom. The molecule has 0 saturated heterocycles. The van der Waals surface area contributed by atoms with Crippen molar-refractivity contribution in [3.63, 3.8) is 0 Å². The maximum absolute atomic E-state index is 12.4. The zero-order valence-corrected chi connectivity index (χ0v) is 7.86.